The van der Waals surface area contributed by atoms with Gasteiger partial charge in [0.1, 0.15) is 6.07 Å². The van der Waals surface area contributed by atoms with Crippen LogP contribution in [-0.4, -0.2) is 18.9 Å². The highest BCUT2D eigenvalue weighted by Crippen LogP contribution is 2.00. The van der Waals surface area contributed by atoms with E-state index in [0.29, 0.717) is 5.56 Å². The number of amides is 1. The number of nitrogens with one attached hydrogen (secondary N) is 1. The van der Waals surface area contributed by atoms with Crippen LogP contribution in [0.25, 0.3) is 0 Å². The van der Waals surface area contributed by atoms with Gasteiger partial charge >= 0.3 is 6.09 Å². The standard InChI is InChI=1S/C10H9N3O2/c1-12-10(14)15-13-9(7-11)8-5-3-2-4-6-8/h2-6H,1H3,(H,12,14)/b13-9+. The van der Waals surface area contributed by atoms with Gasteiger partial charge in [0, 0.05) is 12.6 Å². The largest absolute Gasteiger partial charge is 0.433 e. The summed E-state index contributed by atoms with van der Waals surface area (Å²) in [6.45, 7) is 0. The van der Waals surface area contributed by atoms with E-state index in [1.807, 2.05) is 12.1 Å². The molecular formula is C10H9N3O2. The zero-order valence-corrected chi connectivity index (χ0v) is 8.10. The van der Waals surface area contributed by atoms with Gasteiger partial charge in [-0.2, -0.15) is 5.26 Å². The van der Waals surface area contributed by atoms with Crippen molar-refractivity contribution in [3.05, 3.63) is 35.9 Å². The van der Waals surface area contributed by atoms with Crippen molar-refractivity contribution in [2.45, 2.75) is 0 Å². The van der Waals surface area contributed by atoms with Crippen LogP contribution in [0.3, 0.4) is 0 Å². The smallest absolute Gasteiger partial charge is 0.323 e. The van der Waals surface area contributed by atoms with Crippen LogP contribution in [0.5, 0.6) is 0 Å². The molecule has 0 aliphatic heterocycles. The minimum atomic E-state index is -0.710. The molecule has 0 saturated carbocycles. The summed E-state index contributed by atoms with van der Waals surface area (Å²) in [4.78, 5) is 15.1. The first-order valence-electron chi connectivity index (χ1n) is 4.20. The van der Waals surface area contributed by atoms with Crippen molar-refractivity contribution in [2.24, 2.45) is 5.16 Å². The summed E-state index contributed by atoms with van der Waals surface area (Å²) in [6.07, 6.45) is -0.710. The SMILES string of the molecule is CNC(=O)O/N=C(\C#N)c1ccccc1. The molecule has 0 saturated heterocycles. The summed E-state index contributed by atoms with van der Waals surface area (Å²) in [5.41, 5.74) is 0.656. The maximum absolute atomic E-state index is 10.7. The first kappa shape index (κ1) is 10.7. The van der Waals surface area contributed by atoms with Gasteiger partial charge in [-0.05, 0) is 0 Å². The molecule has 0 unspecified atom stereocenters. The lowest BCUT2D eigenvalue weighted by atomic mass is 10.1. The fourth-order valence-electron chi connectivity index (χ4n) is 0.866. The molecule has 1 N–H and O–H groups in total. The Bertz CT molecular complexity index is 406. The van der Waals surface area contributed by atoms with Crippen molar-refractivity contribution in [3.63, 3.8) is 0 Å². The van der Waals surface area contributed by atoms with E-state index in [4.69, 9.17) is 5.26 Å². The highest BCUT2D eigenvalue weighted by atomic mass is 16.7. The average Bonchev–Trinajstić information content (AvgIpc) is 2.31. The first-order chi connectivity index (χ1) is 7.27. The predicted molar refractivity (Wildman–Crippen MR) is 54.1 cm³/mol. The normalized spacial score (nSPS) is 10.3. The van der Waals surface area contributed by atoms with Crippen LogP contribution in [0.15, 0.2) is 35.5 Å². The average molecular weight is 203 g/mol. The van der Waals surface area contributed by atoms with Crippen LogP contribution >= 0.6 is 0 Å². The number of benzene rings is 1. The minimum Gasteiger partial charge on any atom is -0.323 e. The van der Waals surface area contributed by atoms with Gasteiger partial charge in [0.2, 0.25) is 0 Å². The maximum Gasteiger partial charge on any atom is 0.433 e. The fraction of sp³-hybridized carbons (Fsp3) is 0.100. The molecular weight excluding hydrogens is 194 g/mol. The second-order valence-electron chi connectivity index (χ2n) is 2.55. The predicted octanol–water partition coefficient (Wildman–Crippen LogP) is 1.27. The van der Waals surface area contributed by atoms with Gasteiger partial charge in [-0.3, -0.25) is 4.84 Å². The second kappa shape index (κ2) is 5.40. The van der Waals surface area contributed by atoms with Crippen LogP contribution in [0.1, 0.15) is 5.56 Å². The number of hydrogen-bond acceptors (Lipinski definition) is 4. The Morgan fingerprint density at radius 3 is 2.67 bits per heavy atom. The molecule has 5 nitrogen and oxygen atoms in total. The fourth-order valence-corrected chi connectivity index (χ4v) is 0.866. The van der Waals surface area contributed by atoms with Gasteiger partial charge in [-0.1, -0.05) is 35.5 Å². The zero-order valence-electron chi connectivity index (χ0n) is 8.10. The van der Waals surface area contributed by atoms with Crippen molar-refractivity contribution in [2.75, 3.05) is 7.05 Å². The van der Waals surface area contributed by atoms with E-state index in [9.17, 15) is 4.79 Å². The van der Waals surface area contributed by atoms with E-state index in [-0.39, 0.29) is 5.71 Å². The summed E-state index contributed by atoms with van der Waals surface area (Å²) in [6, 6.07) is 10.6. The minimum absolute atomic E-state index is 0.0548. The zero-order chi connectivity index (χ0) is 11.1. The highest BCUT2D eigenvalue weighted by molar-refractivity contribution is 6.11. The molecule has 0 aromatic heterocycles. The quantitative estimate of drug-likeness (QED) is 0.446. The highest BCUT2D eigenvalue weighted by Gasteiger charge is 2.03. The van der Waals surface area contributed by atoms with Gasteiger partial charge in [0.15, 0.2) is 5.71 Å². The van der Waals surface area contributed by atoms with E-state index in [1.54, 1.807) is 24.3 Å². The van der Waals surface area contributed by atoms with Crippen molar-refractivity contribution in [1.29, 1.82) is 5.26 Å². The number of hydrogen-bond donors (Lipinski definition) is 1. The molecule has 1 aromatic carbocycles. The molecule has 0 radical (unpaired) electrons. The van der Waals surface area contributed by atoms with E-state index >= 15 is 0 Å². The van der Waals surface area contributed by atoms with E-state index in [0.717, 1.165) is 0 Å². The lowest BCUT2D eigenvalue weighted by Crippen LogP contribution is -2.17. The molecule has 5 heteroatoms. The van der Waals surface area contributed by atoms with E-state index in [2.05, 4.69) is 15.3 Å². The monoisotopic (exact) mass is 203 g/mol. The number of nitrogens with zero attached hydrogens (tertiary/aromatic N) is 2. The number of oxime groups is 1. The van der Waals surface area contributed by atoms with Gasteiger partial charge < -0.3 is 5.32 Å². The van der Waals surface area contributed by atoms with Crippen LogP contribution in [0.4, 0.5) is 4.79 Å². The summed E-state index contributed by atoms with van der Waals surface area (Å²) in [7, 11) is 1.41. The van der Waals surface area contributed by atoms with Crippen molar-refractivity contribution in [1.82, 2.24) is 5.32 Å². The number of nitriles is 1. The third-order valence-corrected chi connectivity index (χ3v) is 1.58. The van der Waals surface area contributed by atoms with Gasteiger partial charge in [0.25, 0.3) is 0 Å². The third kappa shape index (κ3) is 3.12. The van der Waals surface area contributed by atoms with Crippen LogP contribution in [0, 0.1) is 11.3 Å². The Morgan fingerprint density at radius 2 is 2.13 bits per heavy atom. The molecule has 0 spiro atoms. The maximum atomic E-state index is 10.7. The molecule has 1 aromatic rings. The Labute approximate surface area is 87.0 Å². The molecule has 0 bridgehead atoms. The molecule has 15 heavy (non-hydrogen) atoms. The number of rotatable bonds is 2. The topological polar surface area (TPSA) is 74.5 Å². The summed E-state index contributed by atoms with van der Waals surface area (Å²) in [5, 5.41) is 14.4. The molecule has 76 valence electrons. The number of carbonyl (C=O) groups is 1. The Hall–Kier alpha value is -2.35. The van der Waals surface area contributed by atoms with Crippen LogP contribution in [-0.2, 0) is 4.84 Å². The van der Waals surface area contributed by atoms with Crippen molar-refractivity contribution >= 4 is 11.8 Å². The van der Waals surface area contributed by atoms with Crippen molar-refractivity contribution < 1.29 is 9.63 Å². The molecule has 0 atom stereocenters. The van der Waals surface area contributed by atoms with E-state index in [1.165, 1.54) is 7.05 Å². The molecule has 0 heterocycles. The summed E-state index contributed by atoms with van der Waals surface area (Å²) in [5.74, 6) is 0. The van der Waals surface area contributed by atoms with Crippen LogP contribution in [0.2, 0.25) is 0 Å². The molecule has 1 rings (SSSR count). The van der Waals surface area contributed by atoms with E-state index < -0.39 is 6.09 Å². The lowest BCUT2D eigenvalue weighted by molar-refractivity contribution is 0.153. The number of carbonyl (C=O) groups excluding carboxylic acids is 1. The summed E-state index contributed by atoms with van der Waals surface area (Å²) < 4.78 is 0. The van der Waals surface area contributed by atoms with Crippen LogP contribution < -0.4 is 5.32 Å². The van der Waals surface area contributed by atoms with Crippen molar-refractivity contribution in [3.8, 4) is 6.07 Å². The van der Waals surface area contributed by atoms with Gasteiger partial charge in [0.05, 0.1) is 0 Å². The molecule has 0 aliphatic carbocycles. The van der Waals surface area contributed by atoms with Gasteiger partial charge in [-0.25, -0.2) is 4.79 Å². The molecule has 0 aliphatic rings. The lowest BCUT2D eigenvalue weighted by Gasteiger charge is -1.97. The summed E-state index contributed by atoms with van der Waals surface area (Å²) >= 11 is 0. The first-order valence-corrected chi connectivity index (χ1v) is 4.20. The third-order valence-electron chi connectivity index (χ3n) is 1.58. The Morgan fingerprint density at radius 1 is 1.47 bits per heavy atom. The second-order valence-corrected chi connectivity index (χ2v) is 2.55. The molecule has 1 amide bonds. The van der Waals surface area contributed by atoms with Gasteiger partial charge in [-0.15, -0.1) is 0 Å². The Balaban J connectivity index is 2.82. The molecule has 0 fully saturated rings. The Kier molecular flexibility index (Phi) is 3.86.